The smallest absolute Gasteiger partial charge is 0.0541 e. The molecule has 0 saturated carbocycles. The molecule has 2 heteroatoms. The fourth-order valence-corrected chi connectivity index (χ4v) is 3.31. The average molecular weight is 383 g/mol. The highest BCUT2D eigenvalue weighted by atomic mass is 127. The lowest BCUT2D eigenvalue weighted by atomic mass is 10.1. The first-order valence-corrected chi connectivity index (χ1v) is 8.08. The van der Waals surface area contributed by atoms with Crippen molar-refractivity contribution in [2.75, 3.05) is 0 Å². The first-order chi connectivity index (χ1) is 10.2. The molecule has 0 fully saturated rings. The molecule has 0 radical (unpaired) electrons. The van der Waals surface area contributed by atoms with Gasteiger partial charge in [0, 0.05) is 20.0 Å². The molecule has 102 valence electrons. The van der Waals surface area contributed by atoms with Crippen molar-refractivity contribution in [3.63, 3.8) is 0 Å². The van der Waals surface area contributed by atoms with E-state index in [1.54, 1.807) is 0 Å². The Hall–Kier alpha value is -1.81. The second-order valence-corrected chi connectivity index (χ2v) is 6.60. The van der Waals surface area contributed by atoms with Crippen LogP contribution in [0.5, 0.6) is 0 Å². The first kappa shape index (κ1) is 12.9. The van der Waals surface area contributed by atoms with Gasteiger partial charge in [-0.15, -0.1) is 0 Å². The van der Waals surface area contributed by atoms with Gasteiger partial charge >= 0.3 is 0 Å². The van der Waals surface area contributed by atoms with E-state index in [-0.39, 0.29) is 0 Å². The Balaban J connectivity index is 2.17. The predicted octanol–water partition coefficient (Wildman–Crippen LogP) is 5.70. The summed E-state index contributed by atoms with van der Waals surface area (Å²) in [6.45, 7) is 2.15. The van der Waals surface area contributed by atoms with Gasteiger partial charge in [0.1, 0.15) is 0 Å². The number of aryl methyl sites for hydroxylation is 1. The maximum atomic E-state index is 2.35. The van der Waals surface area contributed by atoms with Crippen molar-refractivity contribution in [3.05, 3.63) is 75.9 Å². The lowest BCUT2D eigenvalue weighted by Gasteiger charge is -2.07. The molecule has 0 unspecified atom stereocenters. The van der Waals surface area contributed by atoms with Crippen LogP contribution in [0.15, 0.2) is 66.7 Å². The van der Waals surface area contributed by atoms with Crippen molar-refractivity contribution >= 4 is 44.4 Å². The Kier molecular flexibility index (Phi) is 3.00. The van der Waals surface area contributed by atoms with Crippen molar-refractivity contribution in [1.29, 1.82) is 0 Å². The van der Waals surface area contributed by atoms with E-state index in [1.165, 1.54) is 36.6 Å². The highest BCUT2D eigenvalue weighted by molar-refractivity contribution is 14.1. The molecule has 1 heterocycles. The third kappa shape index (κ3) is 2.05. The summed E-state index contributed by atoms with van der Waals surface area (Å²) in [5.41, 5.74) is 5.04. The zero-order chi connectivity index (χ0) is 14.4. The topological polar surface area (TPSA) is 4.93 Å². The van der Waals surface area contributed by atoms with Gasteiger partial charge in [-0.1, -0.05) is 29.8 Å². The summed E-state index contributed by atoms with van der Waals surface area (Å²) in [5.74, 6) is 0. The van der Waals surface area contributed by atoms with Gasteiger partial charge in [-0.05, 0) is 72.0 Å². The minimum absolute atomic E-state index is 1.21. The number of fused-ring (bicyclic) bond motifs is 3. The minimum atomic E-state index is 1.21. The lowest BCUT2D eigenvalue weighted by molar-refractivity contribution is 1.18. The average Bonchev–Trinajstić information content (AvgIpc) is 2.82. The Morgan fingerprint density at radius 1 is 0.762 bits per heavy atom. The summed E-state index contributed by atoms with van der Waals surface area (Å²) in [6, 6.07) is 24.0. The van der Waals surface area contributed by atoms with Gasteiger partial charge in [-0.3, -0.25) is 0 Å². The SMILES string of the molecule is Cc1ccc2c(c1)c1ccccc1n2-c1ccc(I)cc1. The van der Waals surface area contributed by atoms with E-state index in [1.807, 2.05) is 0 Å². The highest BCUT2D eigenvalue weighted by Gasteiger charge is 2.11. The van der Waals surface area contributed by atoms with Gasteiger partial charge in [-0.2, -0.15) is 0 Å². The number of halogens is 1. The highest BCUT2D eigenvalue weighted by Crippen LogP contribution is 2.32. The standard InChI is InChI=1S/C19H14IN/c1-13-6-11-19-17(12-13)16-4-2-3-5-18(16)21(19)15-9-7-14(20)8-10-15/h2-12H,1H3. The van der Waals surface area contributed by atoms with Crippen LogP contribution >= 0.6 is 22.6 Å². The van der Waals surface area contributed by atoms with Gasteiger partial charge in [0.25, 0.3) is 0 Å². The molecule has 1 nitrogen and oxygen atoms in total. The quantitative estimate of drug-likeness (QED) is 0.372. The van der Waals surface area contributed by atoms with Crippen molar-refractivity contribution in [1.82, 2.24) is 4.57 Å². The minimum Gasteiger partial charge on any atom is -0.309 e. The molecule has 0 aliphatic heterocycles. The van der Waals surface area contributed by atoms with E-state index < -0.39 is 0 Å². The van der Waals surface area contributed by atoms with Crippen LogP contribution in [-0.4, -0.2) is 4.57 Å². The zero-order valence-corrected chi connectivity index (χ0v) is 13.8. The number of benzene rings is 3. The van der Waals surface area contributed by atoms with Crippen LogP contribution in [0, 0.1) is 10.5 Å². The van der Waals surface area contributed by atoms with E-state index in [0.29, 0.717) is 0 Å². The third-order valence-electron chi connectivity index (χ3n) is 3.91. The largest absolute Gasteiger partial charge is 0.309 e. The molecule has 3 aromatic carbocycles. The molecule has 0 N–H and O–H groups in total. The summed E-state index contributed by atoms with van der Waals surface area (Å²) in [4.78, 5) is 0. The third-order valence-corrected chi connectivity index (χ3v) is 4.63. The molecule has 0 amide bonds. The molecule has 0 atom stereocenters. The van der Waals surface area contributed by atoms with Crippen LogP contribution in [0.1, 0.15) is 5.56 Å². The van der Waals surface area contributed by atoms with Crippen LogP contribution in [0.3, 0.4) is 0 Å². The second kappa shape index (κ2) is 4.88. The van der Waals surface area contributed by atoms with E-state index in [2.05, 4.69) is 101 Å². The molecule has 0 spiro atoms. The molecular formula is C19H14IN. The number of nitrogens with zero attached hydrogens (tertiary/aromatic N) is 1. The van der Waals surface area contributed by atoms with E-state index in [4.69, 9.17) is 0 Å². The fraction of sp³-hybridized carbons (Fsp3) is 0.0526. The molecule has 0 aliphatic rings. The fourth-order valence-electron chi connectivity index (χ4n) is 2.96. The van der Waals surface area contributed by atoms with Crippen LogP contribution in [0.25, 0.3) is 27.5 Å². The maximum absolute atomic E-state index is 2.35. The van der Waals surface area contributed by atoms with Crippen LogP contribution in [0.4, 0.5) is 0 Å². The van der Waals surface area contributed by atoms with Crippen LogP contribution in [-0.2, 0) is 0 Å². The van der Waals surface area contributed by atoms with Gasteiger partial charge in [-0.25, -0.2) is 0 Å². The summed E-state index contributed by atoms with van der Waals surface area (Å²) in [7, 11) is 0. The Morgan fingerprint density at radius 3 is 2.29 bits per heavy atom. The summed E-state index contributed by atoms with van der Waals surface area (Å²) in [6.07, 6.45) is 0. The normalized spacial score (nSPS) is 11.3. The molecule has 4 rings (SSSR count). The monoisotopic (exact) mass is 383 g/mol. The molecule has 4 aromatic rings. The summed E-state index contributed by atoms with van der Waals surface area (Å²) in [5, 5.41) is 2.64. The molecule has 0 aliphatic carbocycles. The second-order valence-electron chi connectivity index (χ2n) is 5.35. The van der Waals surface area contributed by atoms with Crippen LogP contribution in [0.2, 0.25) is 0 Å². The molecular weight excluding hydrogens is 369 g/mol. The van der Waals surface area contributed by atoms with E-state index >= 15 is 0 Å². The Morgan fingerprint density at radius 2 is 1.48 bits per heavy atom. The molecule has 1 aromatic heterocycles. The van der Waals surface area contributed by atoms with Crippen molar-refractivity contribution in [2.45, 2.75) is 6.92 Å². The molecule has 0 bridgehead atoms. The number of hydrogen-bond acceptors (Lipinski definition) is 0. The zero-order valence-electron chi connectivity index (χ0n) is 11.7. The van der Waals surface area contributed by atoms with Crippen LogP contribution < -0.4 is 0 Å². The first-order valence-electron chi connectivity index (χ1n) is 7.00. The lowest BCUT2D eigenvalue weighted by Crippen LogP contribution is -1.93. The van der Waals surface area contributed by atoms with Gasteiger partial charge < -0.3 is 4.57 Å². The van der Waals surface area contributed by atoms with Gasteiger partial charge in [0.05, 0.1) is 11.0 Å². The Labute approximate surface area is 137 Å². The number of para-hydroxylation sites is 1. The summed E-state index contributed by atoms with van der Waals surface area (Å²) >= 11 is 2.35. The molecule has 0 saturated heterocycles. The van der Waals surface area contributed by atoms with Crippen molar-refractivity contribution in [2.24, 2.45) is 0 Å². The maximum Gasteiger partial charge on any atom is 0.0541 e. The number of hydrogen-bond donors (Lipinski definition) is 0. The molecule has 21 heavy (non-hydrogen) atoms. The van der Waals surface area contributed by atoms with E-state index in [0.717, 1.165) is 0 Å². The van der Waals surface area contributed by atoms with E-state index in [9.17, 15) is 0 Å². The van der Waals surface area contributed by atoms with Gasteiger partial charge in [0.2, 0.25) is 0 Å². The number of rotatable bonds is 1. The predicted molar refractivity (Wildman–Crippen MR) is 98.2 cm³/mol. The van der Waals surface area contributed by atoms with Crippen molar-refractivity contribution in [3.8, 4) is 5.69 Å². The number of aromatic nitrogens is 1. The van der Waals surface area contributed by atoms with Gasteiger partial charge in [0.15, 0.2) is 0 Å². The summed E-state index contributed by atoms with van der Waals surface area (Å²) < 4.78 is 3.60. The Bertz CT molecular complexity index is 949. The van der Waals surface area contributed by atoms with Crippen molar-refractivity contribution < 1.29 is 0 Å².